The summed E-state index contributed by atoms with van der Waals surface area (Å²) in [5.41, 5.74) is 4.60. The molecule has 4 aromatic heterocycles. The molecule has 34 heavy (non-hydrogen) atoms. The minimum atomic E-state index is -0.149. The third kappa shape index (κ3) is 3.75. The average Bonchev–Trinajstić information content (AvgIpc) is 3.43. The van der Waals surface area contributed by atoms with Gasteiger partial charge in [-0.15, -0.1) is 5.10 Å². The standard InChI is InChI=1S/C24H19N9O/c1-14-4-8-22(30-29-14)27-17-5-7-20-21(11-17)32(13-26-20)23-9-6-19(16(3)34)24(28-23)33-15(2)10-18(12-25)31-33/h4-11,13H,1-3H3,(H,27,30). The first-order valence-corrected chi connectivity index (χ1v) is 10.5. The van der Waals surface area contributed by atoms with Gasteiger partial charge in [0.15, 0.2) is 23.1 Å². The van der Waals surface area contributed by atoms with Crippen LogP contribution in [0.25, 0.3) is 22.7 Å². The van der Waals surface area contributed by atoms with Crippen LogP contribution in [-0.2, 0) is 0 Å². The van der Waals surface area contributed by atoms with E-state index in [2.05, 4.69) is 25.6 Å². The lowest BCUT2D eigenvalue weighted by molar-refractivity contribution is 0.101. The number of benzene rings is 1. The van der Waals surface area contributed by atoms with Gasteiger partial charge >= 0.3 is 0 Å². The Kier molecular flexibility index (Phi) is 5.07. The SMILES string of the molecule is CC(=O)c1ccc(-n2cnc3ccc(Nc4ccc(C)nn4)cc32)nc1-n1nc(C#N)cc1C. The Labute approximate surface area is 194 Å². The van der Waals surface area contributed by atoms with Crippen molar-refractivity contribution in [3.05, 3.63) is 77.5 Å². The molecule has 4 heterocycles. The van der Waals surface area contributed by atoms with E-state index in [1.165, 1.54) is 11.6 Å². The number of aryl methyl sites for hydroxylation is 2. The molecule has 1 N–H and O–H groups in total. The van der Waals surface area contributed by atoms with Crippen LogP contribution in [0.3, 0.4) is 0 Å². The van der Waals surface area contributed by atoms with Crippen molar-refractivity contribution in [1.29, 1.82) is 5.26 Å². The van der Waals surface area contributed by atoms with Crippen LogP contribution in [-0.4, -0.2) is 40.3 Å². The largest absolute Gasteiger partial charge is 0.339 e. The molecule has 0 saturated carbocycles. The number of Topliss-reactive ketones (excluding diaryl/α,β-unsaturated/α-hetero) is 1. The summed E-state index contributed by atoms with van der Waals surface area (Å²) in [7, 11) is 0. The lowest BCUT2D eigenvalue weighted by Crippen LogP contribution is -2.11. The monoisotopic (exact) mass is 449 g/mol. The van der Waals surface area contributed by atoms with E-state index in [9.17, 15) is 10.1 Å². The van der Waals surface area contributed by atoms with E-state index >= 15 is 0 Å². The Morgan fingerprint density at radius 1 is 1.06 bits per heavy atom. The molecule has 1 aromatic carbocycles. The predicted molar refractivity (Wildman–Crippen MR) is 125 cm³/mol. The Balaban J connectivity index is 1.60. The van der Waals surface area contributed by atoms with Crippen LogP contribution in [0.15, 0.2) is 54.9 Å². The van der Waals surface area contributed by atoms with Crippen molar-refractivity contribution in [2.75, 3.05) is 5.32 Å². The van der Waals surface area contributed by atoms with Crippen molar-refractivity contribution in [2.45, 2.75) is 20.8 Å². The summed E-state index contributed by atoms with van der Waals surface area (Å²) >= 11 is 0. The summed E-state index contributed by atoms with van der Waals surface area (Å²) in [6, 6.07) is 16.6. The summed E-state index contributed by atoms with van der Waals surface area (Å²) in [6.45, 7) is 5.17. The van der Waals surface area contributed by atoms with Gasteiger partial charge in [-0.25, -0.2) is 14.6 Å². The number of rotatable bonds is 5. The highest BCUT2D eigenvalue weighted by atomic mass is 16.1. The predicted octanol–water partition coefficient (Wildman–Crippen LogP) is 3.83. The molecule has 0 amide bonds. The first kappa shape index (κ1) is 21.0. The first-order valence-electron chi connectivity index (χ1n) is 10.5. The summed E-state index contributed by atoms with van der Waals surface area (Å²) in [5, 5.41) is 25.0. The summed E-state index contributed by atoms with van der Waals surface area (Å²) < 4.78 is 3.35. The highest BCUT2D eigenvalue weighted by molar-refractivity contribution is 5.97. The molecule has 0 aliphatic rings. The zero-order chi connectivity index (χ0) is 23.8. The number of fused-ring (bicyclic) bond motifs is 1. The van der Waals surface area contributed by atoms with E-state index in [1.807, 2.05) is 54.8 Å². The van der Waals surface area contributed by atoms with Crippen molar-refractivity contribution in [1.82, 2.24) is 34.5 Å². The number of anilines is 2. The number of imidazole rings is 1. The van der Waals surface area contributed by atoms with Gasteiger partial charge in [0.05, 0.1) is 22.3 Å². The average molecular weight is 449 g/mol. The molecule has 0 unspecified atom stereocenters. The van der Waals surface area contributed by atoms with Gasteiger partial charge in [-0.1, -0.05) is 0 Å². The van der Waals surface area contributed by atoms with Gasteiger partial charge in [-0.2, -0.15) is 15.5 Å². The van der Waals surface area contributed by atoms with Crippen LogP contribution >= 0.6 is 0 Å². The molecule has 0 bridgehead atoms. The number of hydrogen-bond acceptors (Lipinski definition) is 8. The minimum Gasteiger partial charge on any atom is -0.339 e. The second kappa shape index (κ2) is 8.22. The molecule has 166 valence electrons. The molecule has 5 rings (SSSR count). The highest BCUT2D eigenvalue weighted by Gasteiger charge is 2.17. The smallest absolute Gasteiger partial charge is 0.166 e. The van der Waals surface area contributed by atoms with Gasteiger partial charge in [-0.3, -0.25) is 9.36 Å². The van der Waals surface area contributed by atoms with Gasteiger partial charge in [0.25, 0.3) is 0 Å². The molecule has 0 aliphatic carbocycles. The third-order valence-electron chi connectivity index (χ3n) is 5.31. The summed E-state index contributed by atoms with van der Waals surface area (Å²) in [6.07, 6.45) is 1.68. The topological polar surface area (TPSA) is 127 Å². The second-order valence-electron chi connectivity index (χ2n) is 7.79. The molecule has 0 spiro atoms. The normalized spacial score (nSPS) is 10.9. The van der Waals surface area contributed by atoms with E-state index in [4.69, 9.17) is 4.98 Å². The molecule has 0 radical (unpaired) electrons. The van der Waals surface area contributed by atoms with E-state index in [-0.39, 0.29) is 11.5 Å². The first-order chi connectivity index (χ1) is 16.4. The maximum absolute atomic E-state index is 12.3. The molecule has 10 nitrogen and oxygen atoms in total. The van der Waals surface area contributed by atoms with E-state index in [1.54, 1.807) is 24.5 Å². The number of pyridine rings is 1. The van der Waals surface area contributed by atoms with Crippen molar-refractivity contribution < 1.29 is 4.79 Å². The molecule has 10 heteroatoms. The number of nitrogens with zero attached hydrogens (tertiary/aromatic N) is 8. The number of carbonyl (C=O) groups excluding carboxylic acids is 1. The van der Waals surface area contributed by atoms with Crippen LogP contribution in [0.5, 0.6) is 0 Å². The quantitative estimate of drug-likeness (QED) is 0.401. The van der Waals surface area contributed by atoms with Crippen LogP contribution in [0.2, 0.25) is 0 Å². The van der Waals surface area contributed by atoms with Crippen molar-refractivity contribution in [3.8, 4) is 17.7 Å². The molecule has 0 saturated heterocycles. The van der Waals surface area contributed by atoms with Crippen LogP contribution in [0.1, 0.15) is 34.4 Å². The van der Waals surface area contributed by atoms with E-state index in [0.29, 0.717) is 28.7 Å². The zero-order valence-electron chi connectivity index (χ0n) is 18.7. The van der Waals surface area contributed by atoms with Gasteiger partial charge in [0.2, 0.25) is 0 Å². The molecule has 5 aromatic rings. The number of nitrogens with one attached hydrogen (secondary N) is 1. The number of hydrogen-bond donors (Lipinski definition) is 1. The fraction of sp³-hybridized carbons (Fsp3) is 0.125. The number of nitriles is 1. The Morgan fingerprint density at radius 2 is 1.91 bits per heavy atom. The minimum absolute atomic E-state index is 0.149. The zero-order valence-corrected chi connectivity index (χ0v) is 18.7. The van der Waals surface area contributed by atoms with Crippen molar-refractivity contribution in [2.24, 2.45) is 0 Å². The number of ketones is 1. The molecular weight excluding hydrogens is 430 g/mol. The maximum atomic E-state index is 12.3. The molecule has 0 atom stereocenters. The fourth-order valence-electron chi connectivity index (χ4n) is 3.63. The lowest BCUT2D eigenvalue weighted by Gasteiger charge is -2.12. The maximum Gasteiger partial charge on any atom is 0.166 e. The fourth-order valence-corrected chi connectivity index (χ4v) is 3.63. The Hall–Kier alpha value is -4.91. The third-order valence-corrected chi connectivity index (χ3v) is 5.31. The number of aromatic nitrogens is 7. The highest BCUT2D eigenvalue weighted by Crippen LogP contribution is 2.25. The number of carbonyl (C=O) groups is 1. The van der Waals surface area contributed by atoms with Gasteiger partial charge in [-0.05, 0) is 69.3 Å². The lowest BCUT2D eigenvalue weighted by atomic mass is 10.2. The van der Waals surface area contributed by atoms with Gasteiger partial charge < -0.3 is 5.32 Å². The Morgan fingerprint density at radius 3 is 2.62 bits per heavy atom. The van der Waals surface area contributed by atoms with Crippen LogP contribution in [0, 0.1) is 25.2 Å². The van der Waals surface area contributed by atoms with E-state index in [0.717, 1.165) is 22.4 Å². The second-order valence-corrected chi connectivity index (χ2v) is 7.79. The van der Waals surface area contributed by atoms with Crippen LogP contribution < -0.4 is 5.32 Å². The molecular formula is C24H19N9O. The molecule has 0 fully saturated rings. The molecule has 0 aliphatic heterocycles. The van der Waals surface area contributed by atoms with Gasteiger partial charge in [0.1, 0.15) is 18.2 Å². The van der Waals surface area contributed by atoms with Gasteiger partial charge in [0, 0.05) is 11.4 Å². The van der Waals surface area contributed by atoms with Crippen molar-refractivity contribution >= 4 is 28.3 Å². The summed E-state index contributed by atoms with van der Waals surface area (Å²) in [4.78, 5) is 21.5. The van der Waals surface area contributed by atoms with Crippen LogP contribution in [0.4, 0.5) is 11.5 Å². The van der Waals surface area contributed by atoms with E-state index < -0.39 is 0 Å². The van der Waals surface area contributed by atoms with Crippen molar-refractivity contribution in [3.63, 3.8) is 0 Å². The summed E-state index contributed by atoms with van der Waals surface area (Å²) in [5.74, 6) is 1.39. The Bertz CT molecular complexity index is 1590.